The highest BCUT2D eigenvalue weighted by atomic mass is 16.1. The zero-order valence-electron chi connectivity index (χ0n) is 9.08. The zero-order valence-corrected chi connectivity index (χ0v) is 9.08. The number of benzene rings is 1. The Hall–Kier alpha value is -1.77. The van der Waals surface area contributed by atoms with Crippen molar-refractivity contribution in [2.45, 2.75) is 13.8 Å². The summed E-state index contributed by atoms with van der Waals surface area (Å²) in [5.41, 5.74) is 7.89. The number of anilines is 1. The van der Waals surface area contributed by atoms with Gasteiger partial charge in [-0.2, -0.15) is 0 Å². The van der Waals surface area contributed by atoms with Crippen molar-refractivity contribution in [1.82, 2.24) is 5.32 Å². The van der Waals surface area contributed by atoms with E-state index in [1.807, 2.05) is 26.0 Å². The Bertz CT molecular complexity index is 379. The first-order valence-electron chi connectivity index (χ1n) is 4.87. The number of amides is 1. The quantitative estimate of drug-likeness (QED) is 0.584. The number of hydrogen-bond acceptors (Lipinski definition) is 2. The van der Waals surface area contributed by atoms with Crippen LogP contribution in [0.5, 0.6) is 0 Å². The first-order valence-corrected chi connectivity index (χ1v) is 4.87. The van der Waals surface area contributed by atoms with Gasteiger partial charge in [-0.3, -0.25) is 4.79 Å². The van der Waals surface area contributed by atoms with Gasteiger partial charge in [-0.1, -0.05) is 23.8 Å². The molecular formula is C12H16N2O. The maximum absolute atomic E-state index is 11.6. The minimum absolute atomic E-state index is 0.134. The molecule has 0 aliphatic rings. The highest BCUT2D eigenvalue weighted by Gasteiger charge is 2.06. The number of nitrogens with one attached hydrogen (secondary N) is 1. The Morgan fingerprint density at radius 3 is 2.67 bits per heavy atom. The predicted molar refractivity (Wildman–Crippen MR) is 62.6 cm³/mol. The Morgan fingerprint density at radius 2 is 2.07 bits per heavy atom. The van der Waals surface area contributed by atoms with E-state index in [1.165, 1.54) is 5.57 Å². The zero-order chi connectivity index (χ0) is 11.3. The molecule has 0 atom stereocenters. The third-order valence-corrected chi connectivity index (χ3v) is 1.98. The van der Waals surface area contributed by atoms with Crippen LogP contribution < -0.4 is 11.1 Å². The van der Waals surface area contributed by atoms with Crippen LogP contribution in [0.4, 0.5) is 5.69 Å². The molecule has 0 fully saturated rings. The molecule has 0 heterocycles. The lowest BCUT2D eigenvalue weighted by atomic mass is 10.1. The van der Waals surface area contributed by atoms with Crippen molar-refractivity contribution in [3.05, 3.63) is 41.5 Å². The molecule has 3 N–H and O–H groups in total. The minimum Gasteiger partial charge on any atom is -0.398 e. The summed E-state index contributed by atoms with van der Waals surface area (Å²) in [7, 11) is 0. The topological polar surface area (TPSA) is 55.1 Å². The Balaban J connectivity index is 2.62. The molecule has 1 amide bonds. The first-order chi connectivity index (χ1) is 7.11. The molecular weight excluding hydrogens is 188 g/mol. The lowest BCUT2D eigenvalue weighted by Crippen LogP contribution is -2.24. The molecule has 0 bridgehead atoms. The maximum Gasteiger partial charge on any atom is 0.253 e. The molecule has 80 valence electrons. The molecule has 0 aliphatic carbocycles. The molecule has 0 saturated carbocycles. The number of carbonyl (C=O) groups is 1. The fourth-order valence-electron chi connectivity index (χ4n) is 1.15. The van der Waals surface area contributed by atoms with Crippen LogP contribution >= 0.6 is 0 Å². The highest BCUT2D eigenvalue weighted by Crippen LogP contribution is 2.09. The van der Waals surface area contributed by atoms with E-state index in [0.29, 0.717) is 17.8 Å². The average Bonchev–Trinajstić information content (AvgIpc) is 2.17. The normalized spacial score (nSPS) is 9.47. The summed E-state index contributed by atoms with van der Waals surface area (Å²) in [4.78, 5) is 11.6. The van der Waals surface area contributed by atoms with Crippen molar-refractivity contribution < 1.29 is 4.79 Å². The number of nitrogen functional groups attached to an aromatic ring is 1. The molecule has 1 rings (SSSR count). The molecule has 0 saturated heterocycles. The molecule has 1 aromatic rings. The smallest absolute Gasteiger partial charge is 0.253 e. The van der Waals surface area contributed by atoms with E-state index < -0.39 is 0 Å². The third-order valence-electron chi connectivity index (χ3n) is 1.98. The van der Waals surface area contributed by atoms with Gasteiger partial charge in [0, 0.05) is 12.2 Å². The van der Waals surface area contributed by atoms with E-state index >= 15 is 0 Å². The number of allylic oxidation sites excluding steroid dienone is 1. The second kappa shape index (κ2) is 5.20. The molecule has 3 heteroatoms. The van der Waals surface area contributed by atoms with Crippen molar-refractivity contribution in [1.29, 1.82) is 0 Å². The number of nitrogens with two attached hydrogens (primary N) is 1. The second-order valence-corrected chi connectivity index (χ2v) is 3.58. The van der Waals surface area contributed by atoms with E-state index in [0.717, 1.165) is 0 Å². The molecule has 15 heavy (non-hydrogen) atoms. The number of rotatable bonds is 3. The SMILES string of the molecule is CC(C)=CCNC(=O)c1ccccc1N. The molecule has 0 aromatic heterocycles. The largest absolute Gasteiger partial charge is 0.398 e. The molecule has 1 aromatic carbocycles. The van der Waals surface area contributed by atoms with E-state index in [2.05, 4.69) is 5.32 Å². The van der Waals surface area contributed by atoms with E-state index in [9.17, 15) is 4.79 Å². The summed E-state index contributed by atoms with van der Waals surface area (Å²) in [6.07, 6.45) is 1.96. The average molecular weight is 204 g/mol. The van der Waals surface area contributed by atoms with Crippen molar-refractivity contribution in [2.75, 3.05) is 12.3 Å². The second-order valence-electron chi connectivity index (χ2n) is 3.58. The summed E-state index contributed by atoms with van der Waals surface area (Å²) in [6.45, 7) is 4.52. The molecule has 0 radical (unpaired) electrons. The monoisotopic (exact) mass is 204 g/mol. The summed E-state index contributed by atoms with van der Waals surface area (Å²) >= 11 is 0. The van der Waals surface area contributed by atoms with Gasteiger partial charge in [0.05, 0.1) is 5.56 Å². The Morgan fingerprint density at radius 1 is 1.40 bits per heavy atom. The van der Waals surface area contributed by atoms with E-state index in [4.69, 9.17) is 5.73 Å². The van der Waals surface area contributed by atoms with E-state index in [1.54, 1.807) is 18.2 Å². The van der Waals surface area contributed by atoms with Gasteiger partial charge in [0.15, 0.2) is 0 Å². The van der Waals surface area contributed by atoms with Crippen LogP contribution in [0, 0.1) is 0 Å². The van der Waals surface area contributed by atoms with Crippen molar-refractivity contribution in [2.24, 2.45) is 0 Å². The molecule has 0 aliphatic heterocycles. The van der Waals surface area contributed by atoms with Crippen LogP contribution in [0.2, 0.25) is 0 Å². The fraction of sp³-hybridized carbons (Fsp3) is 0.250. The van der Waals surface area contributed by atoms with Crippen LogP contribution in [0.15, 0.2) is 35.9 Å². The maximum atomic E-state index is 11.6. The van der Waals surface area contributed by atoms with Gasteiger partial charge in [0.1, 0.15) is 0 Å². The summed E-state index contributed by atoms with van der Waals surface area (Å²) in [5, 5.41) is 2.78. The van der Waals surface area contributed by atoms with Crippen LogP contribution in [-0.2, 0) is 0 Å². The summed E-state index contributed by atoms with van der Waals surface area (Å²) in [5.74, 6) is -0.134. The number of hydrogen-bond donors (Lipinski definition) is 2. The Labute approximate surface area is 90.0 Å². The van der Waals surface area contributed by atoms with Crippen LogP contribution in [0.25, 0.3) is 0 Å². The molecule has 0 unspecified atom stereocenters. The summed E-state index contributed by atoms with van der Waals surface area (Å²) in [6, 6.07) is 7.04. The Kier molecular flexibility index (Phi) is 3.92. The van der Waals surface area contributed by atoms with Gasteiger partial charge in [0.25, 0.3) is 5.91 Å². The lowest BCUT2D eigenvalue weighted by Gasteiger charge is -2.05. The number of para-hydroxylation sites is 1. The fourth-order valence-corrected chi connectivity index (χ4v) is 1.15. The van der Waals surface area contributed by atoms with Crippen molar-refractivity contribution in [3.8, 4) is 0 Å². The standard InChI is InChI=1S/C12H16N2O/c1-9(2)7-8-14-12(15)10-5-3-4-6-11(10)13/h3-7H,8,13H2,1-2H3,(H,14,15). The van der Waals surface area contributed by atoms with Gasteiger partial charge in [-0.05, 0) is 26.0 Å². The lowest BCUT2D eigenvalue weighted by molar-refractivity contribution is 0.0959. The van der Waals surface area contributed by atoms with Crippen LogP contribution in [0.1, 0.15) is 24.2 Å². The third kappa shape index (κ3) is 3.46. The van der Waals surface area contributed by atoms with Gasteiger partial charge < -0.3 is 11.1 Å². The minimum atomic E-state index is -0.134. The number of carbonyl (C=O) groups excluding carboxylic acids is 1. The highest BCUT2D eigenvalue weighted by molar-refractivity contribution is 5.99. The van der Waals surface area contributed by atoms with Gasteiger partial charge in [0.2, 0.25) is 0 Å². The van der Waals surface area contributed by atoms with Gasteiger partial charge >= 0.3 is 0 Å². The van der Waals surface area contributed by atoms with E-state index in [-0.39, 0.29) is 5.91 Å². The van der Waals surface area contributed by atoms with Crippen molar-refractivity contribution in [3.63, 3.8) is 0 Å². The van der Waals surface area contributed by atoms with Crippen LogP contribution in [0.3, 0.4) is 0 Å². The summed E-state index contributed by atoms with van der Waals surface area (Å²) < 4.78 is 0. The van der Waals surface area contributed by atoms with Gasteiger partial charge in [-0.15, -0.1) is 0 Å². The van der Waals surface area contributed by atoms with Gasteiger partial charge in [-0.25, -0.2) is 0 Å². The van der Waals surface area contributed by atoms with Crippen LogP contribution in [-0.4, -0.2) is 12.5 Å². The first kappa shape index (κ1) is 11.3. The predicted octanol–water partition coefficient (Wildman–Crippen LogP) is 1.96. The molecule has 0 spiro atoms. The molecule has 3 nitrogen and oxygen atoms in total. The van der Waals surface area contributed by atoms with Crippen molar-refractivity contribution >= 4 is 11.6 Å².